The van der Waals surface area contributed by atoms with Crippen LogP contribution in [-0.2, 0) is 26.1 Å². The highest BCUT2D eigenvalue weighted by Gasteiger charge is 2.27. The fourth-order valence-corrected chi connectivity index (χ4v) is 4.88. The summed E-state index contributed by atoms with van der Waals surface area (Å²) < 4.78 is 12.8. The fraction of sp³-hybridized carbons (Fsp3) is 0.400. The van der Waals surface area contributed by atoms with Crippen molar-refractivity contribution < 1.29 is 9.47 Å². The van der Waals surface area contributed by atoms with E-state index in [0.717, 1.165) is 24.3 Å². The van der Waals surface area contributed by atoms with Crippen LogP contribution in [0, 0.1) is 0 Å². The Bertz CT molecular complexity index is 981. The molecule has 0 unspecified atom stereocenters. The van der Waals surface area contributed by atoms with Crippen molar-refractivity contribution in [2.45, 2.75) is 65.2 Å². The maximum absolute atomic E-state index is 6.46. The largest absolute Gasteiger partial charge is 0.485 e. The van der Waals surface area contributed by atoms with Gasteiger partial charge in [-0.25, -0.2) is 0 Å². The average Bonchev–Trinajstić information content (AvgIpc) is 2.87. The van der Waals surface area contributed by atoms with Crippen LogP contribution >= 0.6 is 0 Å². The number of ether oxygens (including phenoxy) is 2. The van der Waals surface area contributed by atoms with Crippen molar-refractivity contribution in [1.29, 1.82) is 0 Å². The van der Waals surface area contributed by atoms with Crippen LogP contribution in [0.5, 0.6) is 11.5 Å². The Labute approximate surface area is 199 Å². The van der Waals surface area contributed by atoms with Crippen molar-refractivity contribution in [2.24, 2.45) is 0 Å². The quantitative estimate of drug-likeness (QED) is 0.324. The van der Waals surface area contributed by atoms with Gasteiger partial charge in [-0.2, -0.15) is 0 Å². The van der Waals surface area contributed by atoms with Crippen LogP contribution in [0.1, 0.15) is 55.4 Å². The van der Waals surface area contributed by atoms with Crippen LogP contribution in [0.15, 0.2) is 72.8 Å². The first-order chi connectivity index (χ1) is 16.3. The van der Waals surface area contributed by atoms with Crippen molar-refractivity contribution in [3.63, 3.8) is 0 Å². The summed E-state index contributed by atoms with van der Waals surface area (Å²) in [5.74, 6) is 1.79. The zero-order chi connectivity index (χ0) is 22.9. The molecule has 0 aliphatic heterocycles. The molecule has 3 nitrogen and oxygen atoms in total. The topological polar surface area (TPSA) is 21.7 Å². The molecule has 0 radical (unpaired) electrons. The molecule has 3 heteroatoms. The summed E-state index contributed by atoms with van der Waals surface area (Å²) >= 11 is 0. The molecule has 4 rings (SSSR count). The maximum Gasteiger partial charge on any atom is 0.165 e. The summed E-state index contributed by atoms with van der Waals surface area (Å²) in [6.45, 7) is 8.04. The molecule has 0 bridgehead atoms. The molecule has 0 saturated carbocycles. The molecule has 3 aromatic carbocycles. The Hall–Kier alpha value is -2.78. The van der Waals surface area contributed by atoms with Crippen LogP contribution < -0.4 is 9.47 Å². The first-order valence-corrected chi connectivity index (χ1v) is 12.5. The van der Waals surface area contributed by atoms with E-state index in [1.807, 2.05) is 12.1 Å². The number of benzene rings is 3. The summed E-state index contributed by atoms with van der Waals surface area (Å²) in [6.07, 6.45) is 5.73. The highest BCUT2D eigenvalue weighted by Crippen LogP contribution is 2.39. The lowest BCUT2D eigenvalue weighted by Crippen LogP contribution is -2.40. The maximum atomic E-state index is 6.46. The van der Waals surface area contributed by atoms with E-state index in [2.05, 4.69) is 79.4 Å². The number of rotatable bonds is 11. The minimum Gasteiger partial charge on any atom is -0.485 e. The Balaban J connectivity index is 1.57. The first kappa shape index (κ1) is 23.4. The second kappa shape index (κ2) is 11.9. The molecule has 3 aromatic rings. The van der Waals surface area contributed by atoms with E-state index >= 15 is 0 Å². The third kappa shape index (κ3) is 6.17. The summed E-state index contributed by atoms with van der Waals surface area (Å²) in [6, 6.07) is 25.7. The van der Waals surface area contributed by atoms with Crippen LogP contribution in [0.4, 0.5) is 0 Å². The summed E-state index contributed by atoms with van der Waals surface area (Å²) in [7, 11) is 0. The molecule has 1 atom stereocenters. The van der Waals surface area contributed by atoms with Gasteiger partial charge in [0.25, 0.3) is 0 Å². The van der Waals surface area contributed by atoms with Gasteiger partial charge in [0.2, 0.25) is 0 Å². The summed E-state index contributed by atoms with van der Waals surface area (Å²) in [5, 5.41) is 0. The van der Waals surface area contributed by atoms with Crippen LogP contribution in [0.2, 0.25) is 0 Å². The number of hydrogen-bond acceptors (Lipinski definition) is 3. The monoisotopic (exact) mass is 443 g/mol. The average molecular weight is 444 g/mol. The van der Waals surface area contributed by atoms with E-state index in [1.54, 1.807) is 0 Å². The highest BCUT2D eigenvalue weighted by atomic mass is 16.5. The molecule has 33 heavy (non-hydrogen) atoms. The molecular weight excluding hydrogens is 406 g/mol. The summed E-state index contributed by atoms with van der Waals surface area (Å²) in [5.41, 5.74) is 5.09. The Morgan fingerprint density at radius 2 is 1.36 bits per heavy atom. The van der Waals surface area contributed by atoms with Gasteiger partial charge in [0.15, 0.2) is 11.5 Å². The zero-order valence-corrected chi connectivity index (χ0v) is 20.1. The molecule has 0 fully saturated rings. The van der Waals surface area contributed by atoms with Crippen molar-refractivity contribution in [3.05, 3.63) is 95.1 Å². The molecule has 1 aliphatic carbocycles. The van der Waals surface area contributed by atoms with E-state index < -0.39 is 0 Å². The standard InChI is InChI=1S/C30H37NO2/c1-3-19-31(20-4-2)27-16-17-28-26(21-27)15-18-29(32-22-24-11-7-5-8-12-24)30(28)33-23-25-13-9-6-10-14-25/h5-15,18,27H,3-4,16-17,19-23H2,1-2H3/t27-/m0/s1. The number of fused-ring (bicyclic) bond motifs is 1. The van der Waals surface area contributed by atoms with E-state index in [0.29, 0.717) is 19.3 Å². The van der Waals surface area contributed by atoms with Crippen LogP contribution in [0.25, 0.3) is 0 Å². The first-order valence-electron chi connectivity index (χ1n) is 12.5. The zero-order valence-electron chi connectivity index (χ0n) is 20.1. The van der Waals surface area contributed by atoms with Crippen molar-refractivity contribution in [3.8, 4) is 11.5 Å². The fourth-order valence-electron chi connectivity index (χ4n) is 4.88. The molecular formula is C30H37NO2. The predicted octanol–water partition coefficient (Wildman–Crippen LogP) is 6.82. The van der Waals surface area contributed by atoms with E-state index in [9.17, 15) is 0 Å². The van der Waals surface area contributed by atoms with Gasteiger partial charge in [-0.3, -0.25) is 0 Å². The smallest absolute Gasteiger partial charge is 0.165 e. The van der Waals surface area contributed by atoms with Crippen molar-refractivity contribution in [1.82, 2.24) is 4.90 Å². The lowest BCUT2D eigenvalue weighted by Gasteiger charge is -2.35. The second-order valence-corrected chi connectivity index (χ2v) is 9.01. The van der Waals surface area contributed by atoms with Gasteiger partial charge in [-0.05, 0) is 68.0 Å². The molecule has 0 N–H and O–H groups in total. The molecule has 0 amide bonds. The molecule has 0 aromatic heterocycles. The summed E-state index contributed by atoms with van der Waals surface area (Å²) in [4.78, 5) is 2.69. The molecule has 174 valence electrons. The van der Waals surface area contributed by atoms with Gasteiger partial charge < -0.3 is 14.4 Å². The molecule has 0 saturated heterocycles. The van der Waals surface area contributed by atoms with Gasteiger partial charge in [0.1, 0.15) is 13.2 Å². The van der Waals surface area contributed by atoms with E-state index in [4.69, 9.17) is 9.47 Å². The predicted molar refractivity (Wildman–Crippen MR) is 136 cm³/mol. The lowest BCUT2D eigenvalue weighted by molar-refractivity contribution is 0.178. The Morgan fingerprint density at radius 1 is 0.758 bits per heavy atom. The Morgan fingerprint density at radius 3 is 1.97 bits per heavy atom. The Kier molecular flexibility index (Phi) is 8.43. The minimum absolute atomic E-state index is 0.546. The molecule has 1 aliphatic rings. The number of hydrogen-bond donors (Lipinski definition) is 0. The van der Waals surface area contributed by atoms with Crippen molar-refractivity contribution in [2.75, 3.05) is 13.1 Å². The van der Waals surface area contributed by atoms with Gasteiger partial charge >= 0.3 is 0 Å². The van der Waals surface area contributed by atoms with Crippen LogP contribution in [-0.4, -0.2) is 24.0 Å². The third-order valence-corrected chi connectivity index (χ3v) is 6.51. The van der Waals surface area contributed by atoms with Gasteiger partial charge in [-0.15, -0.1) is 0 Å². The normalized spacial score (nSPS) is 15.3. The van der Waals surface area contributed by atoms with Gasteiger partial charge in [0, 0.05) is 11.6 Å². The minimum atomic E-state index is 0.546. The third-order valence-electron chi connectivity index (χ3n) is 6.51. The van der Waals surface area contributed by atoms with Gasteiger partial charge in [0.05, 0.1) is 0 Å². The molecule has 0 spiro atoms. The SMILES string of the molecule is CCCN(CCC)[C@H]1CCc2c(ccc(OCc3ccccc3)c2OCc2ccccc2)C1. The van der Waals surface area contributed by atoms with E-state index in [1.165, 1.54) is 54.6 Å². The van der Waals surface area contributed by atoms with Crippen LogP contribution in [0.3, 0.4) is 0 Å². The van der Waals surface area contributed by atoms with Crippen molar-refractivity contribution >= 4 is 0 Å². The number of nitrogens with zero attached hydrogens (tertiary/aromatic N) is 1. The second-order valence-electron chi connectivity index (χ2n) is 9.01. The molecule has 0 heterocycles. The lowest BCUT2D eigenvalue weighted by atomic mass is 9.86. The highest BCUT2D eigenvalue weighted by molar-refractivity contribution is 5.52. The van der Waals surface area contributed by atoms with Gasteiger partial charge in [-0.1, -0.05) is 80.6 Å². The van der Waals surface area contributed by atoms with E-state index in [-0.39, 0.29) is 0 Å².